The Balaban J connectivity index is -0.000000217. The van der Waals surface area contributed by atoms with Crippen LogP contribution in [0.4, 0.5) is 0 Å². The van der Waals surface area contributed by atoms with Crippen molar-refractivity contribution in [3.63, 3.8) is 0 Å². The molecular formula is C28H66ClN3. The van der Waals surface area contributed by atoms with Gasteiger partial charge >= 0.3 is 0 Å². The first-order valence-electron chi connectivity index (χ1n) is 13.8. The second-order valence-corrected chi connectivity index (χ2v) is 11.4. The summed E-state index contributed by atoms with van der Waals surface area (Å²) in [7, 11) is 13.3. The molecule has 1 N–H and O–H groups in total. The van der Waals surface area contributed by atoms with Crippen molar-refractivity contribution >= 4 is 0 Å². The van der Waals surface area contributed by atoms with Gasteiger partial charge < -0.3 is 27.1 Å². The van der Waals surface area contributed by atoms with E-state index in [0.29, 0.717) is 6.54 Å². The minimum absolute atomic E-state index is 0. The van der Waals surface area contributed by atoms with Gasteiger partial charge in [-0.15, -0.1) is 0 Å². The van der Waals surface area contributed by atoms with Gasteiger partial charge in [-0.2, -0.15) is 6.54 Å². The Morgan fingerprint density at radius 2 is 0.656 bits per heavy atom. The van der Waals surface area contributed by atoms with Crippen LogP contribution in [0.3, 0.4) is 0 Å². The highest BCUT2D eigenvalue weighted by Crippen LogP contribution is 2.12. The van der Waals surface area contributed by atoms with Gasteiger partial charge in [0, 0.05) is 0 Å². The fourth-order valence-corrected chi connectivity index (χ4v) is 3.66. The summed E-state index contributed by atoms with van der Waals surface area (Å²) in [5.74, 6) is 0. The van der Waals surface area contributed by atoms with E-state index >= 15 is 0 Å². The van der Waals surface area contributed by atoms with E-state index in [-0.39, 0.29) is 12.4 Å². The van der Waals surface area contributed by atoms with Crippen molar-refractivity contribution in [2.24, 2.45) is 0 Å². The highest BCUT2D eigenvalue weighted by Gasteiger charge is 2.02. The fourth-order valence-electron chi connectivity index (χ4n) is 3.66. The normalized spacial score (nSPS) is 11.1. The Hall–Kier alpha value is 0.170. The number of hydrogen-bond acceptors (Lipinski definition) is 0. The number of unbranched alkanes of at least 4 members (excludes halogenated alkanes) is 13. The Morgan fingerprint density at radius 3 is 0.812 bits per heavy atom. The molecule has 0 aliphatic carbocycles. The molecule has 0 unspecified atom stereocenters. The van der Waals surface area contributed by atoms with Crippen molar-refractivity contribution in [3.8, 4) is 0 Å². The van der Waals surface area contributed by atoms with Crippen LogP contribution in [0.1, 0.15) is 124 Å². The van der Waals surface area contributed by atoms with E-state index in [0.717, 1.165) is 15.4 Å². The zero-order chi connectivity index (χ0) is 24.4. The molecule has 0 aliphatic rings. The molecule has 0 bridgehead atoms. The summed E-state index contributed by atoms with van der Waals surface area (Å²) in [6.07, 6.45) is 22.1. The van der Waals surface area contributed by atoms with Gasteiger partial charge in [-0.1, -0.05) is 111 Å². The van der Waals surface area contributed by atoms with Crippen molar-refractivity contribution in [3.05, 3.63) is 5.73 Å². The van der Waals surface area contributed by atoms with Crippen molar-refractivity contribution < 1.29 is 21.4 Å². The third-order valence-corrected chi connectivity index (χ3v) is 5.32. The molecule has 0 heterocycles. The molecule has 3 nitrogen and oxygen atoms in total. The van der Waals surface area contributed by atoms with Gasteiger partial charge in [0.1, 0.15) is 0 Å². The average molecular weight is 480 g/mol. The predicted molar refractivity (Wildman–Crippen MR) is 146 cm³/mol. The summed E-state index contributed by atoms with van der Waals surface area (Å²) in [5, 5.41) is 0. The first-order valence-corrected chi connectivity index (χ1v) is 13.8. The quantitative estimate of drug-likeness (QED) is 0.177. The maximum Gasteiger partial charge on any atom is 0.0777 e. The molecule has 0 amide bonds. The molecule has 32 heavy (non-hydrogen) atoms. The maximum atomic E-state index is 7.06. The molecular weight excluding hydrogens is 414 g/mol. The maximum absolute atomic E-state index is 7.06. The minimum atomic E-state index is 0. The molecule has 0 aromatic rings. The summed E-state index contributed by atoms with van der Waals surface area (Å²) in [4.78, 5) is 0. The summed E-state index contributed by atoms with van der Waals surface area (Å²) < 4.78 is 2.19. The van der Waals surface area contributed by atoms with Crippen LogP contribution in [0, 0.1) is 0 Å². The number of rotatable bonds is 18. The lowest BCUT2D eigenvalue weighted by Gasteiger charge is -2.22. The molecule has 0 atom stereocenters. The lowest BCUT2D eigenvalue weighted by molar-refractivity contribution is -0.870. The Kier molecular flexibility index (Phi) is 35.9. The van der Waals surface area contributed by atoms with E-state index < -0.39 is 0 Å². The first-order chi connectivity index (χ1) is 14.5. The van der Waals surface area contributed by atoms with E-state index in [2.05, 4.69) is 63.1 Å². The predicted octanol–water partition coefficient (Wildman–Crippen LogP) is 5.73. The monoisotopic (exact) mass is 479 g/mol. The summed E-state index contributed by atoms with van der Waals surface area (Å²) in [6, 6.07) is 0. The summed E-state index contributed by atoms with van der Waals surface area (Å²) in [6.45, 7) is 9.88. The van der Waals surface area contributed by atoms with Crippen LogP contribution in [-0.4, -0.2) is 70.9 Å². The molecule has 0 saturated carbocycles. The van der Waals surface area contributed by atoms with Gasteiger partial charge in [0.15, 0.2) is 0 Å². The number of nitrogens with one attached hydrogen (secondary N) is 1. The Labute approximate surface area is 212 Å². The van der Waals surface area contributed by atoms with Crippen molar-refractivity contribution in [2.45, 2.75) is 124 Å². The molecule has 0 aliphatic heterocycles. The van der Waals surface area contributed by atoms with E-state index in [9.17, 15) is 0 Å². The van der Waals surface area contributed by atoms with Gasteiger partial charge in [-0.05, 0) is 12.8 Å². The standard InChI is InChI=1S/C16H34N.2C6H16N.ClH/c1-2-3-4-5-6-7-8-9-10-11-12-13-14-15-16-17;2*1-5-6-7(2,3)4;/h17H,2-16H2,1H3;2*5-6H2,1-4H3;1H/q-1;2*+1;/p-1. The number of quaternary nitrogens is 2. The SMILES string of the molecule is CCCCCCCCCCCCCCCC[NH-].CCC[N+](C)(C)C.CCC[N+](C)(C)C.[Cl-]. The number of nitrogens with zero attached hydrogens (tertiary/aromatic N) is 2. The third-order valence-electron chi connectivity index (χ3n) is 5.32. The number of hydrogen-bond donors (Lipinski definition) is 0. The van der Waals surface area contributed by atoms with Gasteiger partial charge in [-0.3, -0.25) is 0 Å². The summed E-state index contributed by atoms with van der Waals surface area (Å²) in [5.41, 5.74) is 7.06. The molecule has 0 aromatic carbocycles. The van der Waals surface area contributed by atoms with E-state index in [1.54, 1.807) is 0 Å². The number of halogens is 1. The zero-order valence-electron chi connectivity index (χ0n) is 24.2. The van der Waals surface area contributed by atoms with Gasteiger partial charge in [0.25, 0.3) is 0 Å². The smallest absolute Gasteiger partial charge is 0.0777 e. The molecule has 0 radical (unpaired) electrons. The van der Waals surface area contributed by atoms with Crippen LogP contribution in [0.5, 0.6) is 0 Å². The molecule has 0 rings (SSSR count). The van der Waals surface area contributed by atoms with Crippen molar-refractivity contribution in [1.29, 1.82) is 0 Å². The molecule has 0 saturated heterocycles. The largest absolute Gasteiger partial charge is 1.00 e. The molecule has 0 spiro atoms. The van der Waals surface area contributed by atoms with Crippen LogP contribution >= 0.6 is 0 Å². The second kappa shape index (κ2) is 29.2. The fraction of sp³-hybridized carbons (Fsp3) is 1.00. The van der Waals surface area contributed by atoms with Crippen molar-refractivity contribution in [1.82, 2.24) is 0 Å². The van der Waals surface area contributed by atoms with Crippen LogP contribution in [-0.2, 0) is 0 Å². The lowest BCUT2D eigenvalue weighted by atomic mass is 10.0. The Morgan fingerprint density at radius 1 is 0.406 bits per heavy atom. The second-order valence-electron chi connectivity index (χ2n) is 11.4. The van der Waals surface area contributed by atoms with E-state index in [1.807, 2.05) is 0 Å². The van der Waals surface area contributed by atoms with Crippen LogP contribution in [0.2, 0.25) is 0 Å². The topological polar surface area (TPSA) is 23.8 Å². The minimum Gasteiger partial charge on any atom is -1.00 e. The van der Waals surface area contributed by atoms with Gasteiger partial charge in [0.2, 0.25) is 0 Å². The third kappa shape index (κ3) is 52.2. The van der Waals surface area contributed by atoms with Crippen molar-refractivity contribution in [2.75, 3.05) is 61.9 Å². The molecule has 0 aromatic heterocycles. The van der Waals surface area contributed by atoms with E-state index in [4.69, 9.17) is 5.73 Å². The Bertz CT molecular complexity index is 279. The van der Waals surface area contributed by atoms with Gasteiger partial charge in [0.05, 0.1) is 55.4 Å². The highest BCUT2D eigenvalue weighted by atomic mass is 35.5. The van der Waals surface area contributed by atoms with Crippen LogP contribution < -0.4 is 12.4 Å². The molecule has 4 heteroatoms. The average Bonchev–Trinajstić information content (AvgIpc) is 2.65. The zero-order valence-corrected chi connectivity index (χ0v) is 25.0. The van der Waals surface area contributed by atoms with Gasteiger partial charge in [-0.25, -0.2) is 0 Å². The summed E-state index contributed by atoms with van der Waals surface area (Å²) >= 11 is 0. The van der Waals surface area contributed by atoms with E-state index in [1.165, 1.54) is 109 Å². The lowest BCUT2D eigenvalue weighted by Crippen LogP contribution is -3.00. The molecule has 0 fully saturated rings. The van der Waals surface area contributed by atoms with Crippen LogP contribution in [0.15, 0.2) is 0 Å². The first kappa shape index (κ1) is 39.4. The van der Waals surface area contributed by atoms with Crippen LogP contribution in [0.25, 0.3) is 5.73 Å². The molecule has 200 valence electrons. The highest BCUT2D eigenvalue weighted by molar-refractivity contribution is 4.52.